The number of halogens is 5. The molecular weight excluding hydrogens is 488 g/mol. The van der Waals surface area contributed by atoms with E-state index in [4.69, 9.17) is 11.6 Å². The number of carbonyl (C=O) groups is 2. The maximum absolute atomic E-state index is 13.3. The van der Waals surface area contributed by atoms with Gasteiger partial charge in [0.05, 0.1) is 40.8 Å². The molecule has 1 saturated carbocycles. The fourth-order valence-corrected chi connectivity index (χ4v) is 3.77. The zero-order valence-corrected chi connectivity index (χ0v) is 18.9. The van der Waals surface area contributed by atoms with Gasteiger partial charge in [0.25, 0.3) is 0 Å². The molecule has 182 valence electrons. The molecule has 3 aromatic rings. The predicted octanol–water partition coefficient (Wildman–Crippen LogP) is 5.70. The zero-order valence-electron chi connectivity index (χ0n) is 18.1. The zero-order chi connectivity index (χ0) is 25.2. The van der Waals surface area contributed by atoms with Gasteiger partial charge in [-0.2, -0.15) is 17.6 Å². The lowest BCUT2D eigenvalue weighted by atomic mass is 9.95. The van der Waals surface area contributed by atoms with E-state index >= 15 is 0 Å². The number of carbonyl (C=O) groups excluding carboxylic acids is 2. The summed E-state index contributed by atoms with van der Waals surface area (Å²) >= 11 is 5.70. The Morgan fingerprint density at radius 2 is 1.83 bits per heavy atom. The van der Waals surface area contributed by atoms with Gasteiger partial charge in [-0.1, -0.05) is 11.6 Å². The Balaban J connectivity index is 1.35. The fraction of sp³-hybridized carbons (Fsp3) is 0.250. The molecule has 0 saturated heterocycles. The predicted molar refractivity (Wildman–Crippen MR) is 121 cm³/mol. The topological polar surface area (TPSA) is 84.0 Å². The number of pyridine rings is 2. The van der Waals surface area contributed by atoms with Crippen molar-refractivity contribution in [1.29, 1.82) is 0 Å². The molecule has 0 unspecified atom stereocenters. The Labute approximate surface area is 202 Å². The van der Waals surface area contributed by atoms with Crippen molar-refractivity contribution < 1.29 is 27.2 Å². The molecule has 1 aliphatic carbocycles. The van der Waals surface area contributed by atoms with Crippen molar-refractivity contribution in [3.63, 3.8) is 0 Å². The van der Waals surface area contributed by atoms with Gasteiger partial charge in [0, 0.05) is 29.3 Å². The van der Waals surface area contributed by atoms with Crippen LogP contribution in [0.3, 0.4) is 0 Å². The third kappa shape index (κ3) is 5.94. The van der Waals surface area contributed by atoms with Gasteiger partial charge in [-0.15, -0.1) is 0 Å². The largest absolute Gasteiger partial charge is 0.418 e. The Morgan fingerprint density at radius 1 is 1.06 bits per heavy atom. The maximum atomic E-state index is 13.3. The lowest BCUT2D eigenvalue weighted by molar-refractivity contribution is -0.137. The molecule has 11 heteroatoms. The van der Waals surface area contributed by atoms with E-state index in [0.29, 0.717) is 24.2 Å². The summed E-state index contributed by atoms with van der Waals surface area (Å²) in [6, 6.07) is 8.97. The first-order chi connectivity index (χ1) is 16.6. The summed E-state index contributed by atoms with van der Waals surface area (Å²) in [5, 5.41) is 5.39. The Bertz CT molecular complexity index is 1260. The van der Waals surface area contributed by atoms with Crippen LogP contribution in [0.5, 0.6) is 0 Å². The smallest absolute Gasteiger partial charge is 0.354 e. The molecule has 0 bridgehead atoms. The van der Waals surface area contributed by atoms with Gasteiger partial charge >= 0.3 is 6.18 Å². The summed E-state index contributed by atoms with van der Waals surface area (Å²) in [6.07, 6.45) is -1.00. The first-order valence-corrected chi connectivity index (χ1v) is 11.0. The van der Waals surface area contributed by atoms with Crippen LogP contribution < -0.4 is 10.6 Å². The average Bonchev–Trinajstić information content (AvgIpc) is 3.59. The Hall–Kier alpha value is -3.53. The SMILES string of the molecule is O=C(CC1(C(=O)NCc2ccc(Nc3ccc(Cl)cc3C(F)(F)F)cn2)CC1)c1ccnc(F)c1. The number of benzene rings is 1. The highest BCUT2D eigenvalue weighted by Gasteiger charge is 2.51. The highest BCUT2D eigenvalue weighted by atomic mass is 35.5. The average molecular weight is 507 g/mol. The van der Waals surface area contributed by atoms with Crippen LogP contribution in [0.1, 0.15) is 40.9 Å². The van der Waals surface area contributed by atoms with Crippen LogP contribution in [0, 0.1) is 11.4 Å². The van der Waals surface area contributed by atoms with Crippen LogP contribution in [0.15, 0.2) is 54.9 Å². The minimum absolute atomic E-state index is 0.0323. The molecule has 6 nitrogen and oxygen atoms in total. The molecule has 4 rings (SSSR count). The molecule has 2 N–H and O–H groups in total. The van der Waals surface area contributed by atoms with Gasteiger partial charge < -0.3 is 10.6 Å². The summed E-state index contributed by atoms with van der Waals surface area (Å²) in [7, 11) is 0. The molecule has 1 amide bonds. The molecule has 2 heterocycles. The van der Waals surface area contributed by atoms with Crippen molar-refractivity contribution in [3.8, 4) is 0 Å². The first-order valence-electron chi connectivity index (χ1n) is 10.6. The van der Waals surface area contributed by atoms with Crippen molar-refractivity contribution in [2.24, 2.45) is 5.41 Å². The van der Waals surface area contributed by atoms with Crippen molar-refractivity contribution in [2.75, 3.05) is 5.32 Å². The molecule has 0 aliphatic heterocycles. The number of anilines is 2. The standard InChI is InChI=1S/C24H19ClF4N4O2/c25-15-1-4-19(18(10-15)24(27,28)29)33-17-3-2-16(31-13-17)12-32-22(35)23(6-7-23)11-20(34)14-5-8-30-21(26)9-14/h1-5,8-10,13,33H,6-7,11-12H2,(H,32,35). The van der Waals surface area contributed by atoms with Crippen LogP contribution in [0.4, 0.5) is 28.9 Å². The van der Waals surface area contributed by atoms with Gasteiger partial charge in [0.15, 0.2) is 5.78 Å². The first kappa shape index (κ1) is 24.6. The van der Waals surface area contributed by atoms with E-state index in [1.807, 2.05) is 0 Å². The Kier molecular flexibility index (Phi) is 6.75. The molecule has 0 atom stereocenters. The van der Waals surface area contributed by atoms with Crippen LogP contribution in [0.25, 0.3) is 0 Å². The van der Waals surface area contributed by atoms with Crippen LogP contribution in [-0.2, 0) is 17.5 Å². The normalized spacial score (nSPS) is 14.3. The van der Waals surface area contributed by atoms with Gasteiger partial charge in [0.2, 0.25) is 11.9 Å². The number of aromatic nitrogens is 2. The number of rotatable bonds is 8. The number of Topliss-reactive ketones (excluding diaryl/α,β-unsaturated/α-hetero) is 1. The molecule has 35 heavy (non-hydrogen) atoms. The molecule has 2 aromatic heterocycles. The summed E-state index contributed by atoms with van der Waals surface area (Å²) in [5.41, 5.74) is -0.938. The van der Waals surface area contributed by atoms with Gasteiger partial charge in [-0.3, -0.25) is 14.6 Å². The number of hydrogen-bond acceptors (Lipinski definition) is 5. The van der Waals surface area contributed by atoms with Crippen molar-refractivity contribution in [3.05, 3.63) is 82.6 Å². The summed E-state index contributed by atoms with van der Waals surface area (Å²) in [6.45, 7) is 0.0771. The van der Waals surface area contributed by atoms with Crippen LogP contribution in [0.2, 0.25) is 5.02 Å². The second kappa shape index (κ2) is 9.61. The number of ketones is 1. The molecular formula is C24H19ClF4N4O2. The van der Waals surface area contributed by atoms with Crippen molar-refractivity contribution in [2.45, 2.75) is 32.0 Å². The van der Waals surface area contributed by atoms with E-state index in [0.717, 1.165) is 12.1 Å². The third-order valence-electron chi connectivity index (χ3n) is 5.70. The minimum Gasteiger partial charge on any atom is -0.354 e. The number of alkyl halides is 3. The maximum Gasteiger partial charge on any atom is 0.418 e. The van der Waals surface area contributed by atoms with Gasteiger partial charge in [0.1, 0.15) is 0 Å². The number of amides is 1. The molecule has 0 spiro atoms. The summed E-state index contributed by atoms with van der Waals surface area (Å²) < 4.78 is 53.1. The fourth-order valence-electron chi connectivity index (χ4n) is 3.60. The quantitative estimate of drug-likeness (QED) is 0.232. The van der Waals surface area contributed by atoms with E-state index < -0.39 is 23.1 Å². The van der Waals surface area contributed by atoms with E-state index in [-0.39, 0.29) is 40.9 Å². The molecule has 1 aliphatic rings. The second-order valence-corrected chi connectivity index (χ2v) is 8.72. The highest BCUT2D eigenvalue weighted by Crippen LogP contribution is 2.49. The number of nitrogens with one attached hydrogen (secondary N) is 2. The Morgan fingerprint density at radius 3 is 2.46 bits per heavy atom. The summed E-state index contributed by atoms with van der Waals surface area (Å²) in [4.78, 5) is 32.7. The van der Waals surface area contributed by atoms with Crippen molar-refractivity contribution >= 4 is 34.7 Å². The second-order valence-electron chi connectivity index (χ2n) is 8.28. The van der Waals surface area contributed by atoms with Crippen molar-refractivity contribution in [1.82, 2.24) is 15.3 Å². The highest BCUT2D eigenvalue weighted by molar-refractivity contribution is 6.30. The molecule has 0 radical (unpaired) electrons. The van der Waals surface area contributed by atoms with E-state index in [1.54, 1.807) is 6.07 Å². The van der Waals surface area contributed by atoms with Crippen LogP contribution in [-0.4, -0.2) is 21.7 Å². The minimum atomic E-state index is -4.59. The third-order valence-corrected chi connectivity index (χ3v) is 5.94. The van der Waals surface area contributed by atoms with E-state index in [2.05, 4.69) is 20.6 Å². The molecule has 1 fully saturated rings. The monoisotopic (exact) mass is 506 g/mol. The van der Waals surface area contributed by atoms with E-state index in [9.17, 15) is 27.2 Å². The van der Waals surface area contributed by atoms with Crippen LogP contribution >= 0.6 is 11.6 Å². The number of hydrogen-bond donors (Lipinski definition) is 2. The lowest BCUT2D eigenvalue weighted by Crippen LogP contribution is -2.33. The summed E-state index contributed by atoms with van der Waals surface area (Å²) in [5.74, 6) is -1.41. The number of nitrogens with zero attached hydrogens (tertiary/aromatic N) is 2. The lowest BCUT2D eigenvalue weighted by Gasteiger charge is -2.16. The molecule has 1 aromatic carbocycles. The van der Waals surface area contributed by atoms with Gasteiger partial charge in [-0.25, -0.2) is 4.98 Å². The van der Waals surface area contributed by atoms with E-state index in [1.165, 1.54) is 36.7 Å². The van der Waals surface area contributed by atoms with Gasteiger partial charge in [-0.05, 0) is 49.2 Å².